The second-order valence-corrected chi connectivity index (χ2v) is 15.3. The summed E-state index contributed by atoms with van der Waals surface area (Å²) in [7, 11) is 0. The molecule has 12 rings (SSSR count). The van der Waals surface area contributed by atoms with Gasteiger partial charge in [-0.15, -0.1) is 0 Å². The van der Waals surface area contributed by atoms with Crippen molar-refractivity contribution in [2.45, 2.75) is 0 Å². The molecule has 0 aliphatic rings. The van der Waals surface area contributed by atoms with E-state index in [0.29, 0.717) is 0 Å². The third-order valence-electron chi connectivity index (χ3n) is 12.2. The Labute approximate surface area is 324 Å². The molecular formula is C56H34. The molecule has 0 saturated carbocycles. The van der Waals surface area contributed by atoms with Crippen LogP contribution in [0.4, 0.5) is 0 Å². The van der Waals surface area contributed by atoms with Gasteiger partial charge in [-0.1, -0.05) is 170 Å². The maximum Gasteiger partial charge on any atom is -0.00987 e. The third-order valence-corrected chi connectivity index (χ3v) is 12.2. The first-order valence-electron chi connectivity index (χ1n) is 19.5. The molecule has 0 aromatic heterocycles. The average molecular weight is 707 g/mol. The van der Waals surface area contributed by atoms with E-state index < -0.39 is 0 Å². The van der Waals surface area contributed by atoms with Crippen LogP contribution in [0.3, 0.4) is 0 Å². The molecule has 0 unspecified atom stereocenters. The van der Waals surface area contributed by atoms with Gasteiger partial charge < -0.3 is 0 Å². The molecule has 0 radical (unpaired) electrons. The molecule has 0 N–H and O–H groups in total. The predicted octanol–water partition coefficient (Wildman–Crippen LogP) is 15.9. The maximum atomic E-state index is 2.37. The van der Waals surface area contributed by atoms with Gasteiger partial charge in [0.15, 0.2) is 0 Å². The lowest BCUT2D eigenvalue weighted by molar-refractivity contribution is 1.65. The van der Waals surface area contributed by atoms with E-state index in [0.717, 1.165) is 0 Å². The minimum atomic E-state index is 1.22. The van der Waals surface area contributed by atoms with Gasteiger partial charge in [-0.05, 0) is 156 Å². The van der Waals surface area contributed by atoms with Crippen molar-refractivity contribution in [1.82, 2.24) is 0 Å². The Morgan fingerprint density at radius 1 is 0.143 bits per heavy atom. The summed E-state index contributed by atoms with van der Waals surface area (Å²) in [6.45, 7) is 0. The van der Waals surface area contributed by atoms with Crippen molar-refractivity contribution in [1.29, 1.82) is 0 Å². The molecule has 12 aromatic carbocycles. The second-order valence-electron chi connectivity index (χ2n) is 15.3. The fourth-order valence-corrected chi connectivity index (χ4v) is 9.21. The largest absolute Gasteiger partial charge is 0.0616 e. The molecule has 258 valence electrons. The van der Waals surface area contributed by atoms with Crippen molar-refractivity contribution in [2.75, 3.05) is 0 Å². The van der Waals surface area contributed by atoms with Crippen molar-refractivity contribution >= 4 is 86.2 Å². The lowest BCUT2D eigenvalue weighted by atomic mass is 9.92. The summed E-state index contributed by atoms with van der Waals surface area (Å²) < 4.78 is 0. The van der Waals surface area contributed by atoms with Gasteiger partial charge in [0.05, 0.1) is 0 Å². The highest BCUT2D eigenvalue weighted by Crippen LogP contribution is 2.38. The molecule has 0 aliphatic carbocycles. The van der Waals surface area contributed by atoms with Crippen molar-refractivity contribution in [3.05, 3.63) is 206 Å². The molecule has 0 amide bonds. The molecule has 56 heavy (non-hydrogen) atoms. The Hall–Kier alpha value is -7.28. The standard InChI is InChI=1S/C56H34/c1-3-7-49-37(5-1)21-27-53-51(49)25-23-39-13-19-45(33-55(39)53)43-17-11-35-9-15-41(29-47(35)31-43)42-16-10-36-12-18-44(32-48(36)30-42)46-20-14-40-24-26-52-50-8-4-2-6-38(50)22-28-54(52)56(40)34-46/h1-34H. The molecule has 12 aromatic rings. The van der Waals surface area contributed by atoms with Crippen molar-refractivity contribution < 1.29 is 0 Å². The Morgan fingerprint density at radius 3 is 0.786 bits per heavy atom. The smallest absolute Gasteiger partial charge is 0.00987 e. The molecule has 0 saturated heterocycles. The average Bonchev–Trinajstić information content (AvgIpc) is 3.27. The Balaban J connectivity index is 0.919. The first-order valence-corrected chi connectivity index (χ1v) is 19.5. The van der Waals surface area contributed by atoms with E-state index in [4.69, 9.17) is 0 Å². The monoisotopic (exact) mass is 706 g/mol. The zero-order valence-electron chi connectivity index (χ0n) is 30.6. The molecule has 0 spiro atoms. The van der Waals surface area contributed by atoms with Gasteiger partial charge in [0.2, 0.25) is 0 Å². The van der Waals surface area contributed by atoms with Crippen LogP contribution in [0.1, 0.15) is 0 Å². The SMILES string of the molecule is c1ccc2c(c1)ccc1c3cc(-c4ccc5ccc(-c6ccc7ccc(-c8ccc9ccc%10c%11ccccc%11ccc%10c9c8)cc7c6)cc5c4)ccc3ccc21. The highest BCUT2D eigenvalue weighted by molar-refractivity contribution is 6.19. The molecule has 0 bridgehead atoms. The fraction of sp³-hybridized carbons (Fsp3) is 0. The van der Waals surface area contributed by atoms with Crippen LogP contribution in [0.2, 0.25) is 0 Å². The van der Waals surface area contributed by atoms with E-state index in [1.54, 1.807) is 0 Å². The highest BCUT2D eigenvalue weighted by Gasteiger charge is 2.11. The van der Waals surface area contributed by atoms with E-state index in [1.807, 2.05) is 0 Å². The quantitative estimate of drug-likeness (QED) is 0.160. The number of hydrogen-bond acceptors (Lipinski definition) is 0. The van der Waals surface area contributed by atoms with Gasteiger partial charge in [-0.3, -0.25) is 0 Å². The summed E-state index contributed by atoms with van der Waals surface area (Å²) in [6, 6.07) is 76.8. The zero-order valence-corrected chi connectivity index (χ0v) is 30.6. The first-order chi connectivity index (χ1) is 27.7. The van der Waals surface area contributed by atoms with E-state index in [1.165, 1.54) is 120 Å². The van der Waals surface area contributed by atoms with Gasteiger partial charge in [-0.2, -0.15) is 0 Å². The van der Waals surface area contributed by atoms with E-state index in [-0.39, 0.29) is 0 Å². The van der Waals surface area contributed by atoms with Gasteiger partial charge in [0.25, 0.3) is 0 Å². The normalized spacial score (nSPS) is 11.9. The summed E-state index contributed by atoms with van der Waals surface area (Å²) in [5.74, 6) is 0. The minimum absolute atomic E-state index is 1.22. The number of fused-ring (bicyclic) bond motifs is 12. The fourth-order valence-electron chi connectivity index (χ4n) is 9.21. The van der Waals surface area contributed by atoms with Crippen LogP contribution in [0.15, 0.2) is 206 Å². The molecule has 0 nitrogen and oxygen atoms in total. The first kappa shape index (κ1) is 31.1. The lowest BCUT2D eigenvalue weighted by Gasteiger charge is -2.12. The van der Waals surface area contributed by atoms with Crippen LogP contribution in [-0.4, -0.2) is 0 Å². The van der Waals surface area contributed by atoms with Gasteiger partial charge in [0, 0.05) is 0 Å². The van der Waals surface area contributed by atoms with Crippen LogP contribution in [0, 0.1) is 0 Å². The summed E-state index contributed by atoms with van der Waals surface area (Å²) in [5, 5.41) is 20.5. The van der Waals surface area contributed by atoms with Crippen molar-refractivity contribution in [3.8, 4) is 33.4 Å². The van der Waals surface area contributed by atoms with Gasteiger partial charge in [-0.25, -0.2) is 0 Å². The van der Waals surface area contributed by atoms with Crippen LogP contribution in [-0.2, 0) is 0 Å². The van der Waals surface area contributed by atoms with Gasteiger partial charge in [0.1, 0.15) is 0 Å². The topological polar surface area (TPSA) is 0 Å². The summed E-state index contributed by atoms with van der Waals surface area (Å²) in [6.07, 6.45) is 0. The van der Waals surface area contributed by atoms with Gasteiger partial charge >= 0.3 is 0 Å². The Kier molecular flexibility index (Phi) is 6.73. The highest BCUT2D eigenvalue weighted by atomic mass is 14.1. The third kappa shape index (κ3) is 4.93. The van der Waals surface area contributed by atoms with Crippen LogP contribution < -0.4 is 0 Å². The Morgan fingerprint density at radius 2 is 0.411 bits per heavy atom. The van der Waals surface area contributed by atoms with Crippen LogP contribution >= 0.6 is 0 Å². The summed E-state index contributed by atoms with van der Waals surface area (Å²) in [4.78, 5) is 0. The van der Waals surface area contributed by atoms with Crippen molar-refractivity contribution in [2.24, 2.45) is 0 Å². The molecule has 0 aliphatic heterocycles. The molecular weight excluding hydrogens is 673 g/mol. The number of benzene rings is 12. The summed E-state index contributed by atoms with van der Waals surface area (Å²) in [5.41, 5.74) is 7.38. The molecule has 0 atom stereocenters. The second kappa shape index (κ2) is 12.1. The number of rotatable bonds is 3. The van der Waals surface area contributed by atoms with Crippen LogP contribution in [0.25, 0.3) is 120 Å². The maximum absolute atomic E-state index is 2.37. The molecule has 0 heteroatoms. The lowest BCUT2D eigenvalue weighted by Crippen LogP contribution is -1.85. The van der Waals surface area contributed by atoms with Crippen LogP contribution in [0.5, 0.6) is 0 Å². The van der Waals surface area contributed by atoms with E-state index >= 15 is 0 Å². The molecule has 0 fully saturated rings. The van der Waals surface area contributed by atoms with Crippen molar-refractivity contribution in [3.63, 3.8) is 0 Å². The van der Waals surface area contributed by atoms with E-state index in [2.05, 4.69) is 206 Å². The molecule has 0 heterocycles. The number of hydrogen-bond donors (Lipinski definition) is 0. The predicted molar refractivity (Wildman–Crippen MR) is 243 cm³/mol. The Bertz CT molecular complexity index is 3350. The van der Waals surface area contributed by atoms with E-state index in [9.17, 15) is 0 Å². The minimum Gasteiger partial charge on any atom is -0.0616 e. The summed E-state index contributed by atoms with van der Waals surface area (Å²) >= 11 is 0. The zero-order chi connectivity index (χ0) is 36.7.